The quantitative estimate of drug-likeness (QED) is 0.112. The summed E-state index contributed by atoms with van der Waals surface area (Å²) in [7, 11) is 0. The molecule has 2 N–H and O–H groups in total. The summed E-state index contributed by atoms with van der Waals surface area (Å²) in [6, 6.07) is 4.07. The number of H-pyrrole nitrogens is 1. The summed E-state index contributed by atoms with van der Waals surface area (Å²) in [6.45, 7) is 24.2. The lowest BCUT2D eigenvalue weighted by atomic mass is 10.1. The predicted octanol–water partition coefficient (Wildman–Crippen LogP) is 5.40. The molecule has 69 heavy (non-hydrogen) atoms. The van der Waals surface area contributed by atoms with Gasteiger partial charge in [0.2, 0.25) is 11.5 Å². The third kappa shape index (κ3) is 26.4. The number of hydrogen-bond donors (Lipinski definition) is 2. The fourth-order valence-corrected chi connectivity index (χ4v) is 6.57. The van der Waals surface area contributed by atoms with Gasteiger partial charge in [0.1, 0.15) is 28.0 Å². The number of nitrogens with zero attached hydrogens (tertiary/aromatic N) is 4. The van der Waals surface area contributed by atoms with Crippen LogP contribution >= 0.6 is 0 Å². The molecule has 0 spiro atoms. The summed E-state index contributed by atoms with van der Waals surface area (Å²) in [4.78, 5) is 100. The number of rotatable bonds is 22. The molecule has 0 saturated carbocycles. The van der Waals surface area contributed by atoms with Crippen molar-refractivity contribution < 1.29 is 65.6 Å². The molecule has 390 valence electrons. The molecule has 0 unspecified atom stereocenters. The van der Waals surface area contributed by atoms with E-state index in [1.54, 1.807) is 114 Å². The molecule has 0 aliphatic rings. The lowest BCUT2D eigenvalue weighted by Crippen LogP contribution is -2.48. The molecule has 1 aromatic heterocycles. The van der Waals surface area contributed by atoms with Crippen molar-refractivity contribution in [1.82, 2.24) is 24.6 Å². The van der Waals surface area contributed by atoms with Crippen LogP contribution in [0.5, 0.6) is 0 Å². The van der Waals surface area contributed by atoms with Gasteiger partial charge in [0.25, 0.3) is 0 Å². The van der Waals surface area contributed by atoms with Gasteiger partial charge < -0.3 is 34.0 Å². The molecule has 1 heterocycles. The van der Waals surface area contributed by atoms with Crippen molar-refractivity contribution in [3.63, 3.8) is 0 Å². The van der Waals surface area contributed by atoms with E-state index in [1.807, 2.05) is 0 Å². The van der Waals surface area contributed by atoms with Crippen molar-refractivity contribution in [3.8, 4) is 0 Å². The Morgan fingerprint density at radius 2 is 0.783 bits per heavy atom. The van der Waals surface area contributed by atoms with Crippen LogP contribution < -0.4 is 10.9 Å². The zero-order valence-corrected chi connectivity index (χ0v) is 43.1. The first-order valence-electron chi connectivity index (χ1n) is 22.8. The van der Waals surface area contributed by atoms with E-state index in [0.29, 0.717) is 6.07 Å². The summed E-state index contributed by atoms with van der Waals surface area (Å²) in [5.41, 5.74) is -6.34. The SMILES string of the molecule is CC(C)(C)OC(=O)CN(CCN(CCN(CC(=O)OC(C)(C)C)CC(=O)OC(C)(C)C)CC(=O)Nc1ccc2c(C(F)(F)F)cc(=O)[nH]c2c1)CCN(CC(=O)OC(C)(C)C)CC(=O)OC(C)(C)C. The van der Waals surface area contributed by atoms with Crippen LogP contribution in [0.2, 0.25) is 0 Å². The number of nitrogens with one attached hydrogen (secondary N) is 2. The second-order valence-corrected chi connectivity index (χ2v) is 21.8. The summed E-state index contributed by atoms with van der Waals surface area (Å²) >= 11 is 0. The minimum atomic E-state index is -4.82. The summed E-state index contributed by atoms with van der Waals surface area (Å²) in [6.07, 6.45) is -4.82. The van der Waals surface area contributed by atoms with Gasteiger partial charge in [-0.2, -0.15) is 13.2 Å². The number of benzene rings is 1. The van der Waals surface area contributed by atoms with E-state index in [0.717, 1.165) is 6.07 Å². The molecular formula is C48H75F3N6O12. The Labute approximate surface area is 403 Å². The molecule has 1 aromatic carbocycles. The third-order valence-corrected chi connectivity index (χ3v) is 8.86. The summed E-state index contributed by atoms with van der Waals surface area (Å²) in [5.74, 6) is -3.63. The highest BCUT2D eigenvalue weighted by atomic mass is 19.4. The molecule has 21 heteroatoms. The molecule has 0 bridgehead atoms. The Morgan fingerprint density at radius 1 is 0.478 bits per heavy atom. The number of anilines is 1. The summed E-state index contributed by atoms with van der Waals surface area (Å²) < 4.78 is 69.1. The molecule has 0 aliphatic heterocycles. The highest BCUT2D eigenvalue weighted by Gasteiger charge is 2.34. The normalized spacial score (nSPS) is 13.0. The van der Waals surface area contributed by atoms with Gasteiger partial charge in [0.05, 0.1) is 50.3 Å². The molecule has 18 nitrogen and oxygen atoms in total. The first-order valence-corrected chi connectivity index (χ1v) is 22.8. The van der Waals surface area contributed by atoms with E-state index in [-0.39, 0.29) is 95.1 Å². The molecule has 1 amide bonds. The first-order chi connectivity index (χ1) is 31.2. The molecule has 0 fully saturated rings. The molecule has 0 atom stereocenters. The first kappa shape index (κ1) is 60.0. The highest BCUT2D eigenvalue weighted by Crippen LogP contribution is 2.34. The van der Waals surface area contributed by atoms with Crippen LogP contribution in [0.1, 0.15) is 109 Å². The maximum Gasteiger partial charge on any atom is 0.417 e. The van der Waals surface area contributed by atoms with Crippen molar-refractivity contribution >= 4 is 52.3 Å². The number of hydrogen-bond acceptors (Lipinski definition) is 16. The van der Waals surface area contributed by atoms with Crippen LogP contribution in [-0.4, -0.2) is 167 Å². The van der Waals surface area contributed by atoms with E-state index >= 15 is 0 Å². The zero-order valence-electron chi connectivity index (χ0n) is 43.1. The van der Waals surface area contributed by atoms with E-state index in [1.165, 1.54) is 21.9 Å². The highest BCUT2D eigenvalue weighted by molar-refractivity contribution is 5.95. The van der Waals surface area contributed by atoms with E-state index in [9.17, 15) is 46.7 Å². The number of ether oxygens (including phenoxy) is 5. The van der Waals surface area contributed by atoms with Crippen LogP contribution in [0, 0.1) is 0 Å². The maximum absolute atomic E-state index is 13.8. The molecular weight excluding hydrogens is 910 g/mol. The average Bonchev–Trinajstić information content (AvgIpc) is 3.09. The second kappa shape index (κ2) is 24.6. The Balaban J connectivity index is 2.55. The largest absolute Gasteiger partial charge is 0.459 e. The zero-order chi connectivity index (χ0) is 52.9. The minimum Gasteiger partial charge on any atom is -0.459 e. The third-order valence-electron chi connectivity index (χ3n) is 8.86. The maximum atomic E-state index is 13.8. The van der Waals surface area contributed by atoms with Crippen LogP contribution in [0.15, 0.2) is 29.1 Å². The van der Waals surface area contributed by atoms with Crippen LogP contribution in [-0.2, 0) is 58.6 Å². The monoisotopic (exact) mass is 985 g/mol. The van der Waals surface area contributed by atoms with Gasteiger partial charge >= 0.3 is 36.0 Å². The molecule has 0 aliphatic carbocycles. The van der Waals surface area contributed by atoms with E-state index in [2.05, 4.69) is 10.3 Å². The van der Waals surface area contributed by atoms with E-state index in [4.69, 9.17) is 23.7 Å². The Kier molecular flexibility index (Phi) is 21.4. The molecule has 0 saturated heterocycles. The van der Waals surface area contributed by atoms with Gasteiger partial charge in [-0.15, -0.1) is 0 Å². The standard InChI is InChI=1S/C48H75F3N6O12/c1-43(2,3)65-38(60)27-55(21-23-57(30-41(63)68-46(10,11)12)31-42(64)69-47(13,14)15)19-18-54(20-22-56(28-39(61)66-44(4,5)6)29-40(62)67-45(7,8)9)26-37(59)52-32-16-17-33-34(48(49,50)51)25-36(58)53-35(33)24-32/h16-17,24-25H,18-23,26-31H2,1-15H3,(H,52,59)(H,53,58). The van der Waals surface area contributed by atoms with Gasteiger partial charge in [-0.3, -0.25) is 53.2 Å². The number of alkyl halides is 3. The minimum absolute atomic E-state index is 0.0226. The Hall–Kier alpha value is -5.12. The number of amides is 1. The topological polar surface area (TPSA) is 206 Å². The molecule has 2 rings (SSSR count). The van der Waals surface area contributed by atoms with Crippen molar-refractivity contribution in [3.05, 3.63) is 40.2 Å². The van der Waals surface area contributed by atoms with Gasteiger partial charge in [-0.1, -0.05) is 6.07 Å². The fraction of sp³-hybridized carbons (Fsp3) is 0.688. The van der Waals surface area contributed by atoms with Crippen LogP contribution in [0.4, 0.5) is 18.9 Å². The van der Waals surface area contributed by atoms with Gasteiger partial charge in [-0.05, 0) is 116 Å². The lowest BCUT2D eigenvalue weighted by molar-refractivity contribution is -0.162. The average molecular weight is 985 g/mol. The Morgan fingerprint density at radius 3 is 1.10 bits per heavy atom. The number of carbonyl (C=O) groups is 6. The summed E-state index contributed by atoms with van der Waals surface area (Å²) in [5, 5.41) is 2.39. The van der Waals surface area contributed by atoms with Crippen molar-refractivity contribution in [1.29, 1.82) is 0 Å². The van der Waals surface area contributed by atoms with E-state index < -0.39 is 81.1 Å². The number of pyridine rings is 1. The molecule has 0 radical (unpaired) electrons. The van der Waals surface area contributed by atoms with Crippen molar-refractivity contribution in [2.45, 2.75) is 138 Å². The number of aromatic nitrogens is 1. The van der Waals surface area contributed by atoms with Crippen LogP contribution in [0.3, 0.4) is 0 Å². The lowest BCUT2D eigenvalue weighted by Gasteiger charge is -2.32. The fourth-order valence-electron chi connectivity index (χ4n) is 6.57. The number of fused-ring (bicyclic) bond motifs is 1. The second-order valence-electron chi connectivity index (χ2n) is 21.8. The Bertz CT molecular complexity index is 2080. The number of esters is 5. The number of aromatic amines is 1. The number of halogens is 3. The van der Waals surface area contributed by atoms with Crippen molar-refractivity contribution in [2.24, 2.45) is 0 Å². The van der Waals surface area contributed by atoms with Crippen LogP contribution in [0.25, 0.3) is 10.9 Å². The van der Waals surface area contributed by atoms with Gasteiger partial charge in [0, 0.05) is 56.4 Å². The smallest absolute Gasteiger partial charge is 0.417 e. The number of carbonyl (C=O) groups excluding carboxylic acids is 6. The predicted molar refractivity (Wildman–Crippen MR) is 253 cm³/mol. The van der Waals surface area contributed by atoms with Crippen molar-refractivity contribution in [2.75, 3.05) is 83.9 Å². The molecule has 2 aromatic rings. The van der Waals surface area contributed by atoms with Gasteiger partial charge in [0.15, 0.2) is 0 Å². The van der Waals surface area contributed by atoms with Gasteiger partial charge in [-0.25, -0.2) is 0 Å².